The first-order valence-corrected chi connectivity index (χ1v) is 14.4. The van der Waals surface area contributed by atoms with E-state index in [4.69, 9.17) is 0 Å². The average molecular weight is 529 g/mol. The second-order valence-electron chi connectivity index (χ2n) is 10.2. The lowest BCUT2D eigenvalue weighted by Gasteiger charge is -2.47. The Balaban J connectivity index is 1.45. The number of amides is 2. The maximum atomic E-state index is 13.1. The molecule has 4 rings (SSSR count). The molecule has 194 valence electrons. The van der Waals surface area contributed by atoms with Crippen LogP contribution in [0.25, 0.3) is 0 Å². The highest BCUT2D eigenvalue weighted by molar-refractivity contribution is 8.03. The lowest BCUT2D eigenvalue weighted by atomic mass is 9.73. The van der Waals surface area contributed by atoms with E-state index in [1.807, 2.05) is 6.92 Å². The van der Waals surface area contributed by atoms with Crippen molar-refractivity contribution in [3.63, 3.8) is 0 Å². The molecule has 0 aliphatic carbocycles. The number of fused-ring (bicyclic) bond motifs is 1. The molecule has 0 spiro atoms. The summed E-state index contributed by atoms with van der Waals surface area (Å²) in [6.45, 7) is 4.25. The van der Waals surface area contributed by atoms with E-state index >= 15 is 0 Å². The quantitative estimate of drug-likeness (QED) is 0.343. The molecule has 0 saturated carbocycles. The number of likely N-dealkylation sites (N-methyl/N-ethyl adjacent to an activating group) is 1. The van der Waals surface area contributed by atoms with E-state index < -0.39 is 27.8 Å². The molecule has 0 radical (unpaired) electrons. The van der Waals surface area contributed by atoms with Crippen LogP contribution in [0.3, 0.4) is 0 Å². The zero-order valence-corrected chi connectivity index (χ0v) is 21.8. The average Bonchev–Trinajstić information content (AvgIpc) is 3.44. The molecule has 11 nitrogen and oxygen atoms in total. The highest BCUT2D eigenvalue weighted by atomic mass is 32.2. The molecule has 3 N–H and O–H groups in total. The molecule has 35 heavy (non-hydrogen) atoms. The summed E-state index contributed by atoms with van der Waals surface area (Å²) in [7, 11) is 0.104. The number of ketones is 1. The zero-order valence-electron chi connectivity index (χ0n) is 20.2. The number of hydrogen-bond donors (Lipinski definition) is 3. The van der Waals surface area contributed by atoms with Crippen LogP contribution < -0.4 is 10.6 Å². The zero-order chi connectivity index (χ0) is 25.8. The third-order valence-electron chi connectivity index (χ3n) is 7.41. The maximum Gasteiger partial charge on any atom is 0.353 e. The minimum atomic E-state index is -3.28. The maximum absolute atomic E-state index is 13.1. The van der Waals surface area contributed by atoms with E-state index in [1.54, 1.807) is 21.0 Å². The first-order valence-electron chi connectivity index (χ1n) is 11.7. The fourth-order valence-corrected chi connectivity index (χ4v) is 8.50. The lowest BCUT2D eigenvalue weighted by molar-refractivity contribution is -0.160. The Bertz CT molecular complexity index is 1090. The van der Waals surface area contributed by atoms with Gasteiger partial charge in [-0.25, -0.2) is 13.2 Å². The number of carboxylic acid groups (broad SMARTS) is 1. The summed E-state index contributed by atoms with van der Waals surface area (Å²) in [5.74, 6) is -3.29. The molecule has 4 heterocycles. The number of hydrogen-bond acceptors (Lipinski definition) is 9. The Morgan fingerprint density at radius 3 is 2.49 bits per heavy atom. The minimum absolute atomic E-state index is 0.00165. The van der Waals surface area contributed by atoms with Gasteiger partial charge in [0.15, 0.2) is 15.6 Å². The molecular formula is C22H32N4O7S2. The number of rotatable bonds is 8. The predicted octanol–water partition coefficient (Wildman–Crippen LogP) is -0.749. The normalized spacial score (nSPS) is 34.5. The Kier molecular flexibility index (Phi) is 7.08. The number of nitrogens with one attached hydrogen (secondary N) is 2. The molecule has 0 aromatic heterocycles. The lowest BCUT2D eigenvalue weighted by Crippen LogP contribution is -2.62. The van der Waals surface area contributed by atoms with Crippen LogP contribution in [0.5, 0.6) is 0 Å². The first-order chi connectivity index (χ1) is 16.3. The number of carbonyl (C=O) groups excluding carboxylic acids is 3. The van der Waals surface area contributed by atoms with Crippen molar-refractivity contribution in [3.8, 4) is 0 Å². The van der Waals surface area contributed by atoms with Crippen LogP contribution >= 0.6 is 11.8 Å². The van der Waals surface area contributed by atoms with Crippen LogP contribution in [-0.2, 0) is 29.0 Å². The van der Waals surface area contributed by atoms with Gasteiger partial charge in [-0.2, -0.15) is 0 Å². The van der Waals surface area contributed by atoms with Gasteiger partial charge in [0, 0.05) is 43.1 Å². The van der Waals surface area contributed by atoms with Crippen molar-refractivity contribution in [2.75, 3.05) is 32.3 Å². The van der Waals surface area contributed by atoms with Gasteiger partial charge in [-0.3, -0.25) is 19.7 Å². The predicted molar refractivity (Wildman–Crippen MR) is 129 cm³/mol. The smallest absolute Gasteiger partial charge is 0.353 e. The highest BCUT2D eigenvalue weighted by Crippen LogP contribution is 2.53. The van der Waals surface area contributed by atoms with Crippen LogP contribution in [0.1, 0.15) is 26.7 Å². The number of carbonyl (C=O) groups is 4. The Labute approximate surface area is 208 Å². The van der Waals surface area contributed by atoms with Gasteiger partial charge in [0.1, 0.15) is 5.70 Å². The van der Waals surface area contributed by atoms with E-state index in [0.717, 1.165) is 0 Å². The van der Waals surface area contributed by atoms with Crippen molar-refractivity contribution in [1.29, 1.82) is 0 Å². The van der Waals surface area contributed by atoms with Gasteiger partial charge >= 0.3 is 5.97 Å². The van der Waals surface area contributed by atoms with Crippen molar-refractivity contribution >= 4 is 45.2 Å². The second-order valence-corrected chi connectivity index (χ2v) is 13.6. The van der Waals surface area contributed by atoms with Crippen molar-refractivity contribution in [1.82, 2.24) is 20.4 Å². The fraction of sp³-hybridized carbons (Fsp3) is 0.727. The first kappa shape index (κ1) is 26.1. The van der Waals surface area contributed by atoms with Crippen LogP contribution in [0.4, 0.5) is 0 Å². The minimum Gasteiger partial charge on any atom is -0.477 e. The monoisotopic (exact) mass is 528 g/mol. The summed E-state index contributed by atoms with van der Waals surface area (Å²) in [6, 6.07) is -1.44. The van der Waals surface area contributed by atoms with E-state index in [1.165, 1.54) is 21.6 Å². The Hall–Kier alpha value is -1.96. The van der Waals surface area contributed by atoms with E-state index in [9.17, 15) is 32.7 Å². The number of Topliss-reactive ketones (excluding diaryl/α,β-unsaturated/α-hetero) is 1. The SMILES string of the molecule is C[C@@H](CC(=O)[C@H]1CS(=O)(=O)CN1)[C@H]1C(=O)N2C(C(=O)O)=C(S[C@@H]3CN[C@H](C(=O)N(C)C)C3)[C@H](C)[C@@H]12. The molecule has 13 heteroatoms. The largest absolute Gasteiger partial charge is 0.477 e. The third kappa shape index (κ3) is 4.75. The van der Waals surface area contributed by atoms with Gasteiger partial charge in [-0.1, -0.05) is 13.8 Å². The molecule has 7 atom stereocenters. The van der Waals surface area contributed by atoms with Gasteiger partial charge < -0.3 is 20.2 Å². The van der Waals surface area contributed by atoms with Gasteiger partial charge in [-0.05, 0) is 12.3 Å². The van der Waals surface area contributed by atoms with E-state index in [0.29, 0.717) is 17.9 Å². The summed E-state index contributed by atoms with van der Waals surface area (Å²) in [5, 5.41) is 15.9. The molecule has 4 aliphatic heterocycles. The number of sulfone groups is 1. The third-order valence-corrected chi connectivity index (χ3v) is 10.4. The summed E-state index contributed by atoms with van der Waals surface area (Å²) >= 11 is 1.42. The standard InChI is InChI=1S/C22H32N4O7S2/c1-10(5-15(27)14-8-35(32,33)9-24-14)16-17-11(2)19(18(22(30)31)26(17)21(16)29)34-12-6-13(23-7-12)20(28)25(3)4/h10-14,16-17,23-24H,5-9H2,1-4H3,(H,30,31)/t10-,11+,12-,13-,14+,16+,17-/m0/s1. The summed E-state index contributed by atoms with van der Waals surface area (Å²) in [6.07, 6.45) is 0.613. The summed E-state index contributed by atoms with van der Waals surface area (Å²) in [5.41, 5.74) is -0.00165. The molecule has 4 aliphatic rings. The van der Waals surface area contributed by atoms with Crippen molar-refractivity contribution in [2.45, 2.75) is 50.1 Å². The van der Waals surface area contributed by atoms with Crippen molar-refractivity contribution in [3.05, 3.63) is 10.6 Å². The Morgan fingerprint density at radius 1 is 1.23 bits per heavy atom. The molecule has 0 aromatic rings. The molecular weight excluding hydrogens is 496 g/mol. The van der Waals surface area contributed by atoms with Gasteiger partial charge in [0.25, 0.3) is 0 Å². The molecule has 0 unspecified atom stereocenters. The molecule has 3 saturated heterocycles. The number of thioether (sulfide) groups is 1. The molecule has 0 aromatic carbocycles. The summed E-state index contributed by atoms with van der Waals surface area (Å²) < 4.78 is 23.4. The van der Waals surface area contributed by atoms with Gasteiger partial charge in [0.2, 0.25) is 11.8 Å². The number of carboxylic acids is 1. The van der Waals surface area contributed by atoms with Crippen molar-refractivity contribution < 1.29 is 32.7 Å². The van der Waals surface area contributed by atoms with Crippen LogP contribution in [0, 0.1) is 17.8 Å². The summed E-state index contributed by atoms with van der Waals surface area (Å²) in [4.78, 5) is 53.7. The van der Waals surface area contributed by atoms with Crippen LogP contribution in [-0.4, -0.2) is 103 Å². The Morgan fingerprint density at radius 2 is 1.91 bits per heavy atom. The van der Waals surface area contributed by atoms with Crippen LogP contribution in [0.2, 0.25) is 0 Å². The van der Waals surface area contributed by atoms with E-state index in [2.05, 4.69) is 10.6 Å². The number of β-lactam (4-membered cyclic amide) rings is 1. The van der Waals surface area contributed by atoms with Gasteiger partial charge in [0.05, 0.1) is 35.7 Å². The van der Waals surface area contributed by atoms with Crippen LogP contribution in [0.15, 0.2) is 10.6 Å². The fourth-order valence-electron chi connectivity index (χ4n) is 5.63. The topological polar surface area (TPSA) is 153 Å². The molecule has 0 bridgehead atoms. The highest BCUT2D eigenvalue weighted by Gasteiger charge is 2.60. The second kappa shape index (κ2) is 9.49. The molecule has 3 fully saturated rings. The number of aliphatic carboxylic acids is 1. The number of nitrogens with zero attached hydrogens (tertiary/aromatic N) is 2. The molecule has 2 amide bonds. The van der Waals surface area contributed by atoms with Gasteiger partial charge in [-0.15, -0.1) is 11.8 Å². The van der Waals surface area contributed by atoms with Crippen molar-refractivity contribution in [2.24, 2.45) is 17.8 Å². The van der Waals surface area contributed by atoms with E-state index in [-0.39, 0.29) is 70.5 Å².